The number of carbonyl (C=O) groups excluding carboxylic acids is 2. The van der Waals surface area contributed by atoms with Crippen LogP contribution < -0.4 is 16.0 Å². The molecule has 102 valence electrons. The molecule has 1 heterocycles. The highest BCUT2D eigenvalue weighted by molar-refractivity contribution is 6.30. The quantitative estimate of drug-likeness (QED) is 0.742. The molecule has 0 saturated carbocycles. The molecule has 1 aliphatic heterocycles. The predicted octanol–water partition coefficient (Wildman–Crippen LogP) is 0.183. The third-order valence-corrected chi connectivity index (χ3v) is 3.07. The molecule has 0 bridgehead atoms. The number of piperazine rings is 1. The van der Waals surface area contributed by atoms with Crippen LogP contribution >= 0.6 is 11.6 Å². The summed E-state index contributed by atoms with van der Waals surface area (Å²) >= 11 is 5.65. The van der Waals surface area contributed by atoms with E-state index in [1.165, 1.54) is 12.1 Å². The Morgan fingerprint density at radius 1 is 1.53 bits per heavy atom. The molecule has 5 nitrogen and oxygen atoms in total. The van der Waals surface area contributed by atoms with Crippen LogP contribution in [0.3, 0.4) is 0 Å². The van der Waals surface area contributed by atoms with Gasteiger partial charge in [0.05, 0.1) is 11.6 Å². The zero-order valence-electron chi connectivity index (χ0n) is 10.0. The van der Waals surface area contributed by atoms with Crippen LogP contribution in [0, 0.1) is 5.82 Å². The summed E-state index contributed by atoms with van der Waals surface area (Å²) < 4.78 is 13.0. The van der Waals surface area contributed by atoms with Gasteiger partial charge in [-0.3, -0.25) is 14.9 Å². The molecule has 1 unspecified atom stereocenters. The topological polar surface area (TPSA) is 70.2 Å². The lowest BCUT2D eigenvalue weighted by atomic mass is 10.2. The van der Waals surface area contributed by atoms with Crippen molar-refractivity contribution in [3.05, 3.63) is 34.6 Å². The minimum absolute atomic E-state index is 0.0230. The second-order valence-corrected chi connectivity index (χ2v) is 4.61. The molecule has 3 N–H and O–H groups in total. The van der Waals surface area contributed by atoms with Crippen LogP contribution in [0.2, 0.25) is 5.02 Å². The molecular formula is C12H13ClFN3O2. The highest BCUT2D eigenvalue weighted by atomic mass is 35.5. The van der Waals surface area contributed by atoms with Crippen molar-refractivity contribution < 1.29 is 14.0 Å². The van der Waals surface area contributed by atoms with E-state index in [1.54, 1.807) is 6.07 Å². The van der Waals surface area contributed by atoms with E-state index in [9.17, 15) is 14.0 Å². The highest BCUT2D eigenvalue weighted by Crippen LogP contribution is 2.15. The standard InChI is InChI=1S/C12H13ClFN3O2/c13-8-3-7(1-2-9(8)14)4-17-12(19)10-5-16-11(18)6-15-10/h1-3,10,15H,4-6H2,(H,16,18)(H,17,19). The van der Waals surface area contributed by atoms with E-state index >= 15 is 0 Å². The predicted molar refractivity (Wildman–Crippen MR) is 68.1 cm³/mol. The van der Waals surface area contributed by atoms with Crippen molar-refractivity contribution in [1.29, 1.82) is 0 Å². The molecule has 0 spiro atoms. The first-order chi connectivity index (χ1) is 9.06. The average Bonchev–Trinajstić information content (AvgIpc) is 2.40. The number of hydrogen-bond donors (Lipinski definition) is 3. The summed E-state index contributed by atoms with van der Waals surface area (Å²) in [4.78, 5) is 22.7. The largest absolute Gasteiger partial charge is 0.353 e. The number of halogens is 2. The molecule has 1 saturated heterocycles. The van der Waals surface area contributed by atoms with Crippen LogP contribution in [-0.2, 0) is 16.1 Å². The van der Waals surface area contributed by atoms with Crippen molar-refractivity contribution in [3.8, 4) is 0 Å². The number of rotatable bonds is 3. The Morgan fingerprint density at radius 2 is 2.32 bits per heavy atom. The first-order valence-corrected chi connectivity index (χ1v) is 6.16. The maximum absolute atomic E-state index is 13.0. The Bertz CT molecular complexity index is 500. The van der Waals surface area contributed by atoms with Crippen molar-refractivity contribution in [1.82, 2.24) is 16.0 Å². The highest BCUT2D eigenvalue weighted by Gasteiger charge is 2.23. The molecular weight excluding hydrogens is 273 g/mol. The number of benzene rings is 1. The van der Waals surface area contributed by atoms with Gasteiger partial charge >= 0.3 is 0 Å². The summed E-state index contributed by atoms with van der Waals surface area (Å²) in [5.41, 5.74) is 0.708. The van der Waals surface area contributed by atoms with Gasteiger partial charge in [-0.2, -0.15) is 0 Å². The molecule has 1 aromatic carbocycles. The van der Waals surface area contributed by atoms with Crippen molar-refractivity contribution >= 4 is 23.4 Å². The maximum atomic E-state index is 13.0. The van der Waals surface area contributed by atoms with Crippen LogP contribution in [0.5, 0.6) is 0 Å². The van der Waals surface area contributed by atoms with Gasteiger partial charge in [0.15, 0.2) is 0 Å². The third kappa shape index (κ3) is 3.65. The Balaban J connectivity index is 1.86. The second-order valence-electron chi connectivity index (χ2n) is 4.20. The van der Waals surface area contributed by atoms with Crippen LogP contribution in [0.1, 0.15) is 5.56 Å². The number of carbonyl (C=O) groups is 2. The van der Waals surface area contributed by atoms with Crippen molar-refractivity contribution in [2.75, 3.05) is 13.1 Å². The molecule has 0 radical (unpaired) electrons. The molecule has 1 aliphatic rings. The van der Waals surface area contributed by atoms with Gasteiger partial charge in [-0.25, -0.2) is 4.39 Å². The summed E-state index contributed by atoms with van der Waals surface area (Å²) in [6.45, 7) is 0.639. The lowest BCUT2D eigenvalue weighted by Crippen LogP contribution is -2.57. The summed E-state index contributed by atoms with van der Waals surface area (Å²) in [5, 5.41) is 8.13. The van der Waals surface area contributed by atoms with E-state index < -0.39 is 11.9 Å². The Morgan fingerprint density at radius 3 is 2.95 bits per heavy atom. The Kier molecular flexibility index (Phi) is 4.34. The number of nitrogens with one attached hydrogen (secondary N) is 3. The molecule has 19 heavy (non-hydrogen) atoms. The van der Waals surface area contributed by atoms with Crippen LogP contribution in [0.4, 0.5) is 4.39 Å². The van der Waals surface area contributed by atoms with E-state index in [0.717, 1.165) is 0 Å². The summed E-state index contributed by atoms with van der Waals surface area (Å²) in [5.74, 6) is -0.844. The van der Waals surface area contributed by atoms with E-state index in [2.05, 4.69) is 16.0 Å². The monoisotopic (exact) mass is 285 g/mol. The van der Waals surface area contributed by atoms with Crippen molar-refractivity contribution in [2.45, 2.75) is 12.6 Å². The van der Waals surface area contributed by atoms with E-state index in [-0.39, 0.29) is 36.5 Å². The maximum Gasteiger partial charge on any atom is 0.239 e. The van der Waals surface area contributed by atoms with Gasteiger partial charge < -0.3 is 10.6 Å². The Labute approximate surface area is 114 Å². The first-order valence-electron chi connectivity index (χ1n) is 5.78. The molecule has 2 amide bonds. The molecule has 0 aliphatic carbocycles. The van der Waals surface area contributed by atoms with Gasteiger partial charge in [0, 0.05) is 13.1 Å². The minimum atomic E-state index is -0.492. The minimum Gasteiger partial charge on any atom is -0.353 e. The third-order valence-electron chi connectivity index (χ3n) is 2.78. The van der Waals surface area contributed by atoms with E-state index in [4.69, 9.17) is 11.6 Å². The second kappa shape index (κ2) is 5.99. The zero-order chi connectivity index (χ0) is 13.8. The number of amides is 2. The molecule has 2 rings (SSSR count). The summed E-state index contributed by atoms with van der Waals surface area (Å²) in [6, 6.07) is 3.82. The van der Waals surface area contributed by atoms with Gasteiger partial charge in [0.25, 0.3) is 0 Å². The smallest absolute Gasteiger partial charge is 0.239 e. The van der Waals surface area contributed by atoms with E-state index in [1.807, 2.05) is 0 Å². The first kappa shape index (κ1) is 13.8. The molecule has 0 aromatic heterocycles. The van der Waals surface area contributed by atoms with Gasteiger partial charge in [0.2, 0.25) is 11.8 Å². The lowest BCUT2D eigenvalue weighted by molar-refractivity contribution is -0.126. The van der Waals surface area contributed by atoms with Gasteiger partial charge in [0.1, 0.15) is 11.9 Å². The summed E-state index contributed by atoms with van der Waals surface area (Å²) in [7, 11) is 0. The zero-order valence-corrected chi connectivity index (χ0v) is 10.8. The van der Waals surface area contributed by atoms with Crippen LogP contribution in [0.15, 0.2) is 18.2 Å². The molecule has 1 aromatic rings. The summed E-state index contributed by atoms with van der Waals surface area (Å²) in [6.07, 6.45) is 0. The average molecular weight is 286 g/mol. The van der Waals surface area contributed by atoms with Gasteiger partial charge in [-0.15, -0.1) is 0 Å². The van der Waals surface area contributed by atoms with E-state index in [0.29, 0.717) is 5.56 Å². The van der Waals surface area contributed by atoms with Gasteiger partial charge in [-0.05, 0) is 17.7 Å². The lowest BCUT2D eigenvalue weighted by Gasteiger charge is -2.23. The van der Waals surface area contributed by atoms with Crippen molar-refractivity contribution in [2.24, 2.45) is 0 Å². The molecule has 1 atom stereocenters. The SMILES string of the molecule is O=C1CNC(C(=O)NCc2ccc(F)c(Cl)c2)CN1. The fourth-order valence-electron chi connectivity index (χ4n) is 1.71. The normalized spacial score (nSPS) is 18.8. The molecule has 1 fully saturated rings. The fraction of sp³-hybridized carbons (Fsp3) is 0.333. The fourth-order valence-corrected chi connectivity index (χ4v) is 1.92. The number of hydrogen-bond acceptors (Lipinski definition) is 3. The molecule has 7 heteroatoms. The Hall–Kier alpha value is -1.66. The van der Waals surface area contributed by atoms with Crippen molar-refractivity contribution in [3.63, 3.8) is 0 Å². The van der Waals surface area contributed by atoms with Crippen LogP contribution in [0.25, 0.3) is 0 Å². The van der Waals surface area contributed by atoms with Gasteiger partial charge in [-0.1, -0.05) is 17.7 Å². The van der Waals surface area contributed by atoms with Crippen LogP contribution in [-0.4, -0.2) is 30.9 Å².